The van der Waals surface area contributed by atoms with Crippen LogP contribution in [0.5, 0.6) is 0 Å². The van der Waals surface area contributed by atoms with E-state index in [1.165, 1.54) is 0 Å². The van der Waals surface area contributed by atoms with Gasteiger partial charge in [0.05, 0.1) is 0 Å². The van der Waals surface area contributed by atoms with Crippen LogP contribution in [0, 0.1) is 5.92 Å². The lowest BCUT2D eigenvalue weighted by molar-refractivity contribution is 0.0656. The van der Waals surface area contributed by atoms with E-state index >= 15 is 0 Å². The van der Waals surface area contributed by atoms with Crippen LogP contribution in [0.3, 0.4) is 0 Å². The molecule has 1 aliphatic rings. The minimum atomic E-state index is -1.14. The van der Waals surface area contributed by atoms with Crippen molar-refractivity contribution in [2.24, 2.45) is 5.92 Å². The van der Waals surface area contributed by atoms with E-state index in [9.17, 15) is 4.21 Å². The maximum absolute atomic E-state index is 10.5. The first-order chi connectivity index (χ1) is 5.29. The summed E-state index contributed by atoms with van der Waals surface area (Å²) in [5.41, 5.74) is 0. The molecule has 0 spiro atoms. The molecule has 0 amide bonds. The zero-order chi connectivity index (χ0) is 8.10. The highest BCUT2D eigenvalue weighted by atomic mass is 35.7. The maximum Gasteiger partial charge on any atom is 0.114 e. The van der Waals surface area contributed by atoms with Gasteiger partial charge in [0, 0.05) is 19.0 Å². The van der Waals surface area contributed by atoms with Gasteiger partial charge in [0.25, 0.3) is 0 Å². The Morgan fingerprint density at radius 3 is 2.64 bits per heavy atom. The van der Waals surface area contributed by atoms with E-state index in [0.717, 1.165) is 32.5 Å². The Morgan fingerprint density at radius 1 is 1.45 bits per heavy atom. The molecule has 66 valence electrons. The molecular weight excluding hydrogens is 184 g/mol. The highest BCUT2D eigenvalue weighted by Crippen LogP contribution is 2.18. The van der Waals surface area contributed by atoms with E-state index in [1.807, 2.05) is 0 Å². The fraction of sp³-hybridized carbons (Fsp3) is 1.00. The number of ether oxygens (including phenoxy) is 1. The van der Waals surface area contributed by atoms with Gasteiger partial charge in [-0.2, -0.15) is 0 Å². The second-order valence-electron chi connectivity index (χ2n) is 2.84. The van der Waals surface area contributed by atoms with Gasteiger partial charge >= 0.3 is 0 Å². The summed E-state index contributed by atoms with van der Waals surface area (Å²) in [4.78, 5) is 0. The highest BCUT2D eigenvalue weighted by molar-refractivity contribution is 8.08. The standard InChI is InChI=1S/C7H13ClO2S/c8-11(9)6-3-7-1-4-10-5-2-7/h7H,1-6H2. The summed E-state index contributed by atoms with van der Waals surface area (Å²) in [6.07, 6.45) is 3.20. The van der Waals surface area contributed by atoms with Gasteiger partial charge in [-0.15, -0.1) is 0 Å². The van der Waals surface area contributed by atoms with E-state index in [2.05, 4.69) is 0 Å². The molecule has 1 saturated heterocycles. The second kappa shape index (κ2) is 5.12. The summed E-state index contributed by atoms with van der Waals surface area (Å²) in [6.45, 7) is 1.72. The van der Waals surface area contributed by atoms with Crippen LogP contribution < -0.4 is 0 Å². The Kier molecular flexibility index (Phi) is 4.41. The normalized spacial score (nSPS) is 23.4. The van der Waals surface area contributed by atoms with Crippen molar-refractivity contribution in [3.8, 4) is 0 Å². The third-order valence-electron chi connectivity index (χ3n) is 2.03. The summed E-state index contributed by atoms with van der Waals surface area (Å²) in [5, 5.41) is 0. The van der Waals surface area contributed by atoms with Crippen molar-refractivity contribution < 1.29 is 8.95 Å². The molecule has 0 aromatic rings. The first kappa shape index (κ1) is 9.49. The van der Waals surface area contributed by atoms with Crippen LogP contribution in [0.1, 0.15) is 19.3 Å². The lowest BCUT2D eigenvalue weighted by Crippen LogP contribution is -2.16. The molecule has 1 fully saturated rings. The van der Waals surface area contributed by atoms with Gasteiger partial charge in [-0.25, -0.2) is 4.21 Å². The van der Waals surface area contributed by atoms with Crippen molar-refractivity contribution in [3.05, 3.63) is 0 Å². The number of hydrogen-bond donors (Lipinski definition) is 0. The molecule has 0 aromatic carbocycles. The first-order valence-corrected chi connectivity index (χ1v) is 6.06. The molecule has 0 saturated carbocycles. The summed E-state index contributed by atoms with van der Waals surface area (Å²) in [7, 11) is 4.20. The predicted octanol–water partition coefficient (Wildman–Crippen LogP) is 1.71. The van der Waals surface area contributed by atoms with Crippen LogP contribution in [0.4, 0.5) is 0 Å². The number of rotatable bonds is 3. The van der Waals surface area contributed by atoms with Gasteiger partial charge in [-0.05, 0) is 35.9 Å². The summed E-state index contributed by atoms with van der Waals surface area (Å²) >= 11 is 0. The average Bonchev–Trinajstić information content (AvgIpc) is 2.03. The van der Waals surface area contributed by atoms with E-state index < -0.39 is 10.0 Å². The molecule has 0 radical (unpaired) electrons. The molecule has 11 heavy (non-hydrogen) atoms. The van der Waals surface area contributed by atoms with Crippen LogP contribution in [0.25, 0.3) is 0 Å². The summed E-state index contributed by atoms with van der Waals surface area (Å²) in [6, 6.07) is 0. The molecule has 0 bridgehead atoms. The lowest BCUT2D eigenvalue weighted by Gasteiger charge is -2.20. The quantitative estimate of drug-likeness (QED) is 0.643. The Hall–Kier alpha value is 0.400. The fourth-order valence-corrected chi connectivity index (χ4v) is 2.08. The monoisotopic (exact) mass is 196 g/mol. The van der Waals surface area contributed by atoms with Crippen molar-refractivity contribution in [2.75, 3.05) is 19.0 Å². The van der Waals surface area contributed by atoms with Crippen molar-refractivity contribution in [1.82, 2.24) is 0 Å². The zero-order valence-corrected chi connectivity index (χ0v) is 8.00. The van der Waals surface area contributed by atoms with Crippen LogP contribution in [-0.4, -0.2) is 23.2 Å². The molecule has 1 heterocycles. The van der Waals surface area contributed by atoms with Gasteiger partial charge in [-0.3, -0.25) is 0 Å². The smallest absolute Gasteiger partial charge is 0.114 e. The third-order valence-corrected chi connectivity index (χ3v) is 3.05. The van der Waals surface area contributed by atoms with Gasteiger partial charge in [-0.1, -0.05) is 0 Å². The van der Waals surface area contributed by atoms with E-state index in [4.69, 9.17) is 15.4 Å². The van der Waals surface area contributed by atoms with Crippen LogP contribution >= 0.6 is 10.7 Å². The van der Waals surface area contributed by atoms with Gasteiger partial charge in [0.2, 0.25) is 0 Å². The Labute approximate surface area is 74.2 Å². The maximum atomic E-state index is 10.5. The van der Waals surface area contributed by atoms with Crippen LogP contribution in [-0.2, 0) is 14.7 Å². The third kappa shape index (κ3) is 4.09. The Bertz CT molecular complexity index is 134. The molecule has 1 aliphatic heterocycles. The van der Waals surface area contributed by atoms with Gasteiger partial charge in [0.1, 0.15) is 10.0 Å². The van der Waals surface area contributed by atoms with E-state index in [0.29, 0.717) is 11.7 Å². The van der Waals surface area contributed by atoms with Crippen LogP contribution in [0.2, 0.25) is 0 Å². The highest BCUT2D eigenvalue weighted by Gasteiger charge is 2.13. The zero-order valence-electron chi connectivity index (χ0n) is 6.42. The van der Waals surface area contributed by atoms with Gasteiger partial charge in [0.15, 0.2) is 0 Å². The molecule has 0 aromatic heterocycles. The van der Waals surface area contributed by atoms with Crippen molar-refractivity contribution in [3.63, 3.8) is 0 Å². The van der Waals surface area contributed by atoms with Crippen molar-refractivity contribution in [1.29, 1.82) is 0 Å². The molecular formula is C7H13ClO2S. The molecule has 0 N–H and O–H groups in total. The average molecular weight is 197 g/mol. The summed E-state index contributed by atoms with van der Waals surface area (Å²) < 4.78 is 15.7. The summed E-state index contributed by atoms with van der Waals surface area (Å²) in [5.74, 6) is 1.32. The molecule has 1 rings (SSSR count). The SMILES string of the molecule is O=S(Cl)CCC1CCOCC1. The number of hydrogen-bond acceptors (Lipinski definition) is 2. The van der Waals surface area contributed by atoms with E-state index in [-0.39, 0.29) is 0 Å². The minimum Gasteiger partial charge on any atom is -0.381 e. The molecule has 0 aliphatic carbocycles. The van der Waals surface area contributed by atoms with Gasteiger partial charge < -0.3 is 4.74 Å². The van der Waals surface area contributed by atoms with Crippen molar-refractivity contribution in [2.45, 2.75) is 19.3 Å². The first-order valence-electron chi connectivity index (χ1n) is 3.91. The molecule has 1 atom stereocenters. The minimum absolute atomic E-state index is 0.631. The molecule has 2 nitrogen and oxygen atoms in total. The topological polar surface area (TPSA) is 26.3 Å². The fourth-order valence-electron chi connectivity index (χ4n) is 1.29. The largest absolute Gasteiger partial charge is 0.381 e. The lowest BCUT2D eigenvalue weighted by atomic mass is 9.98. The Morgan fingerprint density at radius 2 is 2.09 bits per heavy atom. The number of halogens is 1. The molecule has 1 unspecified atom stereocenters. The second-order valence-corrected chi connectivity index (χ2v) is 4.86. The van der Waals surface area contributed by atoms with Crippen molar-refractivity contribution >= 4 is 20.7 Å². The molecule has 4 heteroatoms. The van der Waals surface area contributed by atoms with Crippen LogP contribution in [0.15, 0.2) is 0 Å². The van der Waals surface area contributed by atoms with E-state index in [1.54, 1.807) is 0 Å². The predicted molar refractivity (Wildman–Crippen MR) is 47.0 cm³/mol. The Balaban J connectivity index is 2.09.